The molecule has 0 aromatic heterocycles. The molecule has 0 fully saturated rings. The molecule has 0 heterocycles. The van der Waals surface area contributed by atoms with Gasteiger partial charge in [0.25, 0.3) is 10.0 Å². The van der Waals surface area contributed by atoms with E-state index in [2.05, 4.69) is 4.72 Å². The van der Waals surface area contributed by atoms with E-state index in [9.17, 15) is 25.6 Å². The molecule has 0 aliphatic carbocycles. The van der Waals surface area contributed by atoms with Crippen LogP contribution in [0.2, 0.25) is 5.02 Å². The predicted octanol–water partition coefficient (Wildman–Crippen LogP) is 2.79. The Morgan fingerprint density at radius 2 is 1.46 bits per heavy atom. The molecule has 24 heavy (non-hydrogen) atoms. The van der Waals surface area contributed by atoms with Crippen LogP contribution < -0.4 is 9.44 Å². The molecule has 0 aliphatic rings. The molecule has 0 radical (unpaired) electrons. The molecule has 0 aliphatic heterocycles. The first kappa shape index (κ1) is 18.4. The van der Waals surface area contributed by atoms with Gasteiger partial charge in [-0.15, -0.1) is 0 Å². The maximum Gasteiger partial charge on any atom is 0.264 e. The van der Waals surface area contributed by atoms with E-state index in [0.717, 1.165) is 42.7 Å². The van der Waals surface area contributed by atoms with E-state index in [0.29, 0.717) is 0 Å². The van der Waals surface area contributed by atoms with Crippen molar-refractivity contribution in [2.75, 3.05) is 15.7 Å². The van der Waals surface area contributed by atoms with Gasteiger partial charge in [-0.1, -0.05) is 11.6 Å². The Balaban J connectivity index is 2.33. The monoisotopic (exact) mass is 396 g/mol. The first-order chi connectivity index (χ1) is 11.0. The Morgan fingerprint density at radius 1 is 0.875 bits per heavy atom. The summed E-state index contributed by atoms with van der Waals surface area (Å²) in [6.07, 6.45) is 0.870. The minimum atomic E-state index is -4.32. The van der Waals surface area contributed by atoms with Crippen molar-refractivity contribution in [1.29, 1.82) is 0 Å². The maximum absolute atomic E-state index is 14.0. The van der Waals surface area contributed by atoms with Gasteiger partial charge in [-0.3, -0.25) is 9.44 Å². The first-order valence-corrected chi connectivity index (χ1v) is 9.98. The smallest absolute Gasteiger partial charge is 0.264 e. The Morgan fingerprint density at radius 3 is 2.00 bits per heavy atom. The minimum Gasteiger partial charge on any atom is -0.284 e. The molecule has 2 aromatic rings. The highest BCUT2D eigenvalue weighted by Crippen LogP contribution is 2.24. The third kappa shape index (κ3) is 4.56. The zero-order valence-corrected chi connectivity index (χ0v) is 14.4. The van der Waals surface area contributed by atoms with Crippen LogP contribution in [0.25, 0.3) is 0 Å². The summed E-state index contributed by atoms with van der Waals surface area (Å²) in [5, 5.41) is -0.302. The van der Waals surface area contributed by atoms with Gasteiger partial charge in [0.15, 0.2) is 0 Å². The van der Waals surface area contributed by atoms with Crippen LogP contribution in [0.15, 0.2) is 41.3 Å². The van der Waals surface area contributed by atoms with E-state index in [1.807, 2.05) is 4.72 Å². The molecule has 0 amide bonds. The lowest BCUT2D eigenvalue weighted by molar-refractivity contribution is 0.570. The average molecular weight is 397 g/mol. The van der Waals surface area contributed by atoms with E-state index >= 15 is 0 Å². The molecular weight excluding hydrogens is 386 g/mol. The van der Waals surface area contributed by atoms with Gasteiger partial charge in [0.05, 0.1) is 22.7 Å². The average Bonchev–Trinajstić information content (AvgIpc) is 2.40. The van der Waals surface area contributed by atoms with E-state index in [1.54, 1.807) is 0 Å². The zero-order valence-electron chi connectivity index (χ0n) is 12.0. The summed E-state index contributed by atoms with van der Waals surface area (Å²) in [5.74, 6) is -1.90. The van der Waals surface area contributed by atoms with Crippen LogP contribution in [-0.4, -0.2) is 23.1 Å². The largest absolute Gasteiger partial charge is 0.284 e. The number of hydrogen-bond acceptors (Lipinski definition) is 4. The van der Waals surface area contributed by atoms with Crippen molar-refractivity contribution in [2.45, 2.75) is 4.90 Å². The van der Waals surface area contributed by atoms with Gasteiger partial charge in [0, 0.05) is 0 Å². The Hall–Kier alpha value is -1.91. The lowest BCUT2D eigenvalue weighted by atomic mass is 10.3. The standard InChI is InChI=1S/C13H11ClF2N2O4S2/c1-23(19,20)17-9-3-5-13(12(16)7-9)24(21,22)18-8-2-4-11(15)10(14)6-8/h2-7,17-18H,1H3. The second kappa shape index (κ2) is 6.54. The van der Waals surface area contributed by atoms with Crippen molar-refractivity contribution in [2.24, 2.45) is 0 Å². The van der Waals surface area contributed by atoms with Crippen LogP contribution in [0.4, 0.5) is 20.2 Å². The number of hydrogen-bond donors (Lipinski definition) is 2. The third-order valence-corrected chi connectivity index (χ3v) is 5.01. The summed E-state index contributed by atoms with van der Waals surface area (Å²) < 4.78 is 77.7. The summed E-state index contributed by atoms with van der Waals surface area (Å²) in [5.41, 5.74) is -0.182. The molecule has 11 heteroatoms. The van der Waals surface area contributed by atoms with Crippen LogP contribution in [0, 0.1) is 11.6 Å². The number of anilines is 2. The van der Waals surface area contributed by atoms with Crippen LogP contribution in [0.3, 0.4) is 0 Å². The van der Waals surface area contributed by atoms with Gasteiger partial charge in [-0.05, 0) is 36.4 Å². The van der Waals surface area contributed by atoms with Crippen LogP contribution in [0.1, 0.15) is 0 Å². The minimum absolute atomic E-state index is 0.0564. The summed E-state index contributed by atoms with van der Waals surface area (Å²) in [4.78, 5) is -0.706. The van der Waals surface area contributed by atoms with Crippen LogP contribution >= 0.6 is 11.6 Å². The SMILES string of the molecule is CS(=O)(=O)Nc1ccc(S(=O)(=O)Nc2ccc(F)c(Cl)c2)c(F)c1. The zero-order chi connectivity index (χ0) is 18.1. The van der Waals surface area contributed by atoms with Crippen molar-refractivity contribution in [1.82, 2.24) is 0 Å². The molecule has 6 nitrogen and oxygen atoms in total. The molecule has 0 atom stereocenters. The number of rotatable bonds is 5. The molecule has 0 spiro atoms. The van der Waals surface area contributed by atoms with E-state index in [-0.39, 0.29) is 16.4 Å². The first-order valence-electron chi connectivity index (χ1n) is 6.23. The molecular formula is C13H11ClF2N2O4S2. The van der Waals surface area contributed by atoms with Crippen molar-refractivity contribution in [3.05, 3.63) is 53.1 Å². The van der Waals surface area contributed by atoms with Crippen LogP contribution in [0.5, 0.6) is 0 Å². The number of halogens is 3. The van der Waals surface area contributed by atoms with Crippen molar-refractivity contribution in [3.8, 4) is 0 Å². The van der Waals surface area contributed by atoms with Gasteiger partial charge in [-0.25, -0.2) is 25.6 Å². The predicted molar refractivity (Wildman–Crippen MR) is 87.1 cm³/mol. The summed E-state index contributed by atoms with van der Waals surface area (Å²) in [6, 6.07) is 5.83. The Bertz CT molecular complexity index is 995. The quantitative estimate of drug-likeness (QED) is 0.812. The van der Waals surface area contributed by atoms with Crippen molar-refractivity contribution >= 4 is 43.0 Å². The highest BCUT2D eigenvalue weighted by atomic mass is 35.5. The number of sulfonamides is 2. The molecule has 2 aromatic carbocycles. The topological polar surface area (TPSA) is 92.3 Å². The van der Waals surface area contributed by atoms with E-state index in [4.69, 9.17) is 11.6 Å². The summed E-state index contributed by atoms with van der Waals surface area (Å²) >= 11 is 5.55. The maximum atomic E-state index is 14.0. The molecule has 0 bridgehead atoms. The molecule has 2 N–H and O–H groups in total. The summed E-state index contributed by atoms with van der Waals surface area (Å²) in [6.45, 7) is 0. The van der Waals surface area contributed by atoms with Gasteiger partial charge in [0.1, 0.15) is 16.5 Å². The lowest BCUT2D eigenvalue weighted by Gasteiger charge is -2.11. The van der Waals surface area contributed by atoms with Crippen molar-refractivity contribution in [3.63, 3.8) is 0 Å². The molecule has 2 rings (SSSR count). The summed E-state index contributed by atoms with van der Waals surface area (Å²) in [7, 11) is -7.95. The number of nitrogens with one attached hydrogen (secondary N) is 2. The Labute approximate surface area is 142 Å². The van der Waals surface area contributed by atoms with E-state index in [1.165, 1.54) is 0 Å². The van der Waals surface area contributed by atoms with E-state index < -0.39 is 36.6 Å². The molecule has 130 valence electrons. The van der Waals surface area contributed by atoms with Gasteiger partial charge < -0.3 is 0 Å². The Kier molecular flexibility index (Phi) is 5.02. The second-order valence-electron chi connectivity index (χ2n) is 4.75. The highest BCUT2D eigenvalue weighted by Gasteiger charge is 2.20. The number of benzene rings is 2. The molecule has 0 unspecified atom stereocenters. The fourth-order valence-corrected chi connectivity index (χ4v) is 3.61. The van der Waals surface area contributed by atoms with Gasteiger partial charge in [-0.2, -0.15) is 0 Å². The van der Waals surface area contributed by atoms with Crippen LogP contribution in [-0.2, 0) is 20.0 Å². The normalized spacial score (nSPS) is 12.0. The van der Waals surface area contributed by atoms with Gasteiger partial charge >= 0.3 is 0 Å². The second-order valence-corrected chi connectivity index (χ2v) is 8.56. The molecule has 0 saturated carbocycles. The lowest BCUT2D eigenvalue weighted by Crippen LogP contribution is -2.15. The van der Waals surface area contributed by atoms with Crippen molar-refractivity contribution < 1.29 is 25.6 Å². The van der Waals surface area contributed by atoms with Gasteiger partial charge in [0.2, 0.25) is 10.0 Å². The fraction of sp³-hybridized carbons (Fsp3) is 0.0769. The highest BCUT2D eigenvalue weighted by molar-refractivity contribution is 7.92. The molecule has 0 saturated heterocycles. The third-order valence-electron chi connectivity index (χ3n) is 2.70. The fourth-order valence-electron chi connectivity index (χ4n) is 1.77.